The predicted octanol–water partition coefficient (Wildman–Crippen LogP) is 3.85. The number of carbonyl (C=O) groups excluding carboxylic acids is 2. The zero-order valence-electron chi connectivity index (χ0n) is 17.4. The number of nitrogens with zero attached hydrogens (tertiary/aromatic N) is 1. The molecule has 0 radical (unpaired) electrons. The van der Waals surface area contributed by atoms with E-state index in [1.54, 1.807) is 7.11 Å². The van der Waals surface area contributed by atoms with E-state index in [4.69, 9.17) is 4.74 Å². The van der Waals surface area contributed by atoms with Gasteiger partial charge in [-0.1, -0.05) is 54.6 Å². The second-order valence-electron chi connectivity index (χ2n) is 8.02. The van der Waals surface area contributed by atoms with Gasteiger partial charge in [0.25, 0.3) is 5.91 Å². The van der Waals surface area contributed by atoms with Crippen LogP contribution in [0.25, 0.3) is 0 Å². The van der Waals surface area contributed by atoms with Gasteiger partial charge >= 0.3 is 0 Å². The second-order valence-corrected chi connectivity index (χ2v) is 8.02. The average molecular weight is 412 g/mol. The largest absolute Gasteiger partial charge is 0.497 e. The maximum atomic E-state index is 13.6. The van der Waals surface area contributed by atoms with Crippen molar-refractivity contribution in [1.29, 1.82) is 0 Å². The molecule has 0 saturated heterocycles. The van der Waals surface area contributed by atoms with Gasteiger partial charge in [0.15, 0.2) is 0 Å². The molecule has 0 spiro atoms. The second kappa shape index (κ2) is 7.91. The Labute approximate surface area is 181 Å². The van der Waals surface area contributed by atoms with Gasteiger partial charge in [-0.25, -0.2) is 0 Å². The Kier molecular flexibility index (Phi) is 4.94. The summed E-state index contributed by atoms with van der Waals surface area (Å²) in [7, 11) is 1.63. The normalized spacial score (nSPS) is 19.1. The van der Waals surface area contributed by atoms with Crippen LogP contribution in [-0.4, -0.2) is 30.4 Å². The number of hydrogen-bond acceptors (Lipinski definition) is 3. The summed E-state index contributed by atoms with van der Waals surface area (Å²) in [5, 5.41) is 3.11. The van der Waals surface area contributed by atoms with E-state index in [2.05, 4.69) is 17.4 Å². The van der Waals surface area contributed by atoms with Crippen LogP contribution in [0.3, 0.4) is 0 Å². The summed E-state index contributed by atoms with van der Waals surface area (Å²) >= 11 is 0. The quantitative estimate of drug-likeness (QED) is 0.708. The number of amides is 2. The number of methoxy groups -OCH3 is 1. The maximum Gasteiger partial charge on any atom is 0.254 e. The summed E-state index contributed by atoms with van der Waals surface area (Å²) in [5.74, 6) is 0.273. The zero-order valence-corrected chi connectivity index (χ0v) is 17.4. The van der Waals surface area contributed by atoms with Crippen molar-refractivity contribution in [3.8, 4) is 5.75 Å². The summed E-state index contributed by atoms with van der Waals surface area (Å²) in [6.07, 6.45) is 0.806. The Balaban J connectivity index is 1.50. The fourth-order valence-corrected chi connectivity index (χ4v) is 4.80. The number of nitrogens with one attached hydrogen (secondary N) is 1. The number of hydrogen-bond donors (Lipinski definition) is 1. The van der Waals surface area contributed by atoms with E-state index in [-0.39, 0.29) is 17.9 Å². The Morgan fingerprint density at radius 2 is 1.71 bits per heavy atom. The standard InChI is InChI=1S/C26H24N2O3/c1-31-19-12-10-17(11-13-19)16-27-25(29)23-21-8-4-5-9-22(21)26(30)28-15-14-18-6-2-3-7-20(18)24(23)28/h2-13,23-24H,14-16H2,1H3,(H,27,29)/t23-,24-/m0/s1. The molecule has 5 rings (SSSR count). The van der Waals surface area contributed by atoms with E-state index in [1.165, 1.54) is 5.56 Å². The first-order valence-electron chi connectivity index (χ1n) is 10.6. The minimum absolute atomic E-state index is 0.00862. The van der Waals surface area contributed by atoms with E-state index in [9.17, 15) is 9.59 Å². The lowest BCUT2D eigenvalue weighted by molar-refractivity contribution is -0.124. The van der Waals surface area contributed by atoms with E-state index in [1.807, 2.05) is 65.6 Å². The molecule has 0 saturated carbocycles. The first-order valence-corrected chi connectivity index (χ1v) is 10.6. The fourth-order valence-electron chi connectivity index (χ4n) is 4.80. The molecule has 3 aromatic rings. The monoisotopic (exact) mass is 412 g/mol. The van der Waals surface area contributed by atoms with Gasteiger partial charge in [0.2, 0.25) is 5.91 Å². The molecule has 0 aromatic heterocycles. The summed E-state index contributed by atoms with van der Waals surface area (Å²) < 4.78 is 5.21. The Morgan fingerprint density at radius 1 is 1.00 bits per heavy atom. The lowest BCUT2D eigenvalue weighted by Crippen LogP contribution is -2.50. The molecular weight excluding hydrogens is 388 g/mol. The molecule has 0 bridgehead atoms. The van der Waals surface area contributed by atoms with Gasteiger partial charge in [-0.15, -0.1) is 0 Å². The summed E-state index contributed by atoms with van der Waals surface area (Å²) in [6.45, 7) is 1.04. The lowest BCUT2D eigenvalue weighted by atomic mass is 9.76. The fraction of sp³-hybridized carbons (Fsp3) is 0.231. The first kappa shape index (κ1) is 19.4. The van der Waals surface area contributed by atoms with Crippen LogP contribution in [0.2, 0.25) is 0 Å². The van der Waals surface area contributed by atoms with Crippen LogP contribution in [0.15, 0.2) is 72.8 Å². The van der Waals surface area contributed by atoms with Crippen molar-refractivity contribution in [3.05, 3.63) is 101 Å². The van der Waals surface area contributed by atoms with Gasteiger partial charge in [-0.2, -0.15) is 0 Å². The smallest absolute Gasteiger partial charge is 0.254 e. The summed E-state index contributed by atoms with van der Waals surface area (Å²) in [4.78, 5) is 28.7. The van der Waals surface area contributed by atoms with Gasteiger partial charge in [0, 0.05) is 18.7 Å². The van der Waals surface area contributed by atoms with Gasteiger partial charge in [-0.3, -0.25) is 9.59 Å². The molecule has 5 nitrogen and oxygen atoms in total. The molecule has 2 amide bonds. The highest BCUT2D eigenvalue weighted by atomic mass is 16.5. The van der Waals surface area contributed by atoms with Crippen molar-refractivity contribution in [2.75, 3.05) is 13.7 Å². The van der Waals surface area contributed by atoms with Crippen LogP contribution in [-0.2, 0) is 17.8 Å². The van der Waals surface area contributed by atoms with Gasteiger partial charge in [0.05, 0.1) is 19.1 Å². The van der Waals surface area contributed by atoms with Gasteiger partial charge in [-0.05, 0) is 46.9 Å². The van der Waals surface area contributed by atoms with Crippen molar-refractivity contribution in [2.45, 2.75) is 24.9 Å². The number of rotatable bonds is 4. The van der Waals surface area contributed by atoms with Crippen LogP contribution in [0, 0.1) is 0 Å². The van der Waals surface area contributed by atoms with Crippen LogP contribution >= 0.6 is 0 Å². The molecule has 3 aromatic carbocycles. The third kappa shape index (κ3) is 3.36. The minimum atomic E-state index is -0.450. The minimum Gasteiger partial charge on any atom is -0.497 e. The third-order valence-corrected chi connectivity index (χ3v) is 6.34. The van der Waals surface area contributed by atoms with Crippen LogP contribution < -0.4 is 10.1 Å². The molecule has 0 fully saturated rings. The molecule has 2 aliphatic heterocycles. The highest BCUT2D eigenvalue weighted by Crippen LogP contribution is 2.45. The van der Waals surface area contributed by atoms with Crippen molar-refractivity contribution in [1.82, 2.24) is 10.2 Å². The first-order chi connectivity index (χ1) is 15.2. The van der Waals surface area contributed by atoms with E-state index in [0.29, 0.717) is 18.7 Å². The molecule has 31 heavy (non-hydrogen) atoms. The molecule has 5 heteroatoms. The van der Waals surface area contributed by atoms with Crippen molar-refractivity contribution < 1.29 is 14.3 Å². The van der Waals surface area contributed by atoms with Gasteiger partial charge in [0.1, 0.15) is 5.75 Å². The van der Waals surface area contributed by atoms with Crippen LogP contribution in [0.1, 0.15) is 44.6 Å². The SMILES string of the molecule is COc1ccc(CNC(=O)[C@H]2c3ccccc3C(=O)N3CCc4ccccc4[C@@H]23)cc1. The average Bonchev–Trinajstić information content (AvgIpc) is 2.83. The topological polar surface area (TPSA) is 58.6 Å². The molecule has 2 aliphatic rings. The molecular formula is C26H24N2O3. The van der Waals surface area contributed by atoms with E-state index < -0.39 is 5.92 Å². The summed E-state index contributed by atoms with van der Waals surface area (Å²) in [6, 6.07) is 23.0. The van der Waals surface area contributed by atoms with Crippen LogP contribution in [0.5, 0.6) is 5.75 Å². The summed E-state index contributed by atoms with van der Waals surface area (Å²) in [5.41, 5.74) is 4.71. The number of carbonyl (C=O) groups is 2. The third-order valence-electron chi connectivity index (χ3n) is 6.34. The van der Waals surface area contributed by atoms with Crippen LogP contribution in [0.4, 0.5) is 0 Å². The molecule has 0 unspecified atom stereocenters. The Bertz CT molecular complexity index is 1140. The molecule has 1 N–H and O–H groups in total. The highest BCUT2D eigenvalue weighted by molar-refractivity contribution is 6.01. The zero-order chi connectivity index (χ0) is 21.4. The van der Waals surface area contributed by atoms with E-state index >= 15 is 0 Å². The number of ether oxygens (including phenoxy) is 1. The molecule has 0 aliphatic carbocycles. The number of fused-ring (bicyclic) bond motifs is 4. The highest BCUT2D eigenvalue weighted by Gasteiger charge is 2.45. The predicted molar refractivity (Wildman–Crippen MR) is 118 cm³/mol. The maximum absolute atomic E-state index is 13.6. The van der Waals surface area contributed by atoms with Crippen molar-refractivity contribution in [3.63, 3.8) is 0 Å². The van der Waals surface area contributed by atoms with E-state index in [0.717, 1.165) is 28.9 Å². The Morgan fingerprint density at radius 3 is 2.48 bits per heavy atom. The molecule has 156 valence electrons. The Hall–Kier alpha value is -3.60. The molecule has 2 atom stereocenters. The molecule has 2 heterocycles. The van der Waals surface area contributed by atoms with Crippen molar-refractivity contribution >= 4 is 11.8 Å². The lowest BCUT2D eigenvalue weighted by Gasteiger charge is -2.45. The van der Waals surface area contributed by atoms with Crippen molar-refractivity contribution in [2.24, 2.45) is 0 Å². The van der Waals surface area contributed by atoms with Gasteiger partial charge < -0.3 is 15.0 Å². The number of benzene rings is 3.